The first-order valence-corrected chi connectivity index (χ1v) is 9.74. The highest BCUT2D eigenvalue weighted by atomic mass is 35.5. The maximum Gasteiger partial charge on any atom is 0.271 e. The van der Waals surface area contributed by atoms with Gasteiger partial charge in [-0.1, -0.05) is 23.2 Å². The van der Waals surface area contributed by atoms with Gasteiger partial charge in [-0.2, -0.15) is 5.10 Å². The number of amides is 1. The number of ether oxygens (including phenoxy) is 2. The van der Waals surface area contributed by atoms with Crippen molar-refractivity contribution in [1.82, 2.24) is 20.1 Å². The summed E-state index contributed by atoms with van der Waals surface area (Å²) in [6, 6.07) is 8.82. The van der Waals surface area contributed by atoms with Crippen LogP contribution in [0.4, 0.5) is 0 Å². The van der Waals surface area contributed by atoms with E-state index in [1.54, 1.807) is 28.9 Å². The van der Waals surface area contributed by atoms with Crippen LogP contribution in [0, 0.1) is 13.8 Å². The Bertz CT molecular complexity index is 1100. The largest absolute Gasteiger partial charge is 0.486 e. The van der Waals surface area contributed by atoms with Gasteiger partial charge in [0.1, 0.15) is 18.9 Å². The maximum atomic E-state index is 12.7. The molecule has 9 heteroatoms. The molecule has 0 saturated heterocycles. The first-order chi connectivity index (χ1) is 13.9. The Kier molecular flexibility index (Phi) is 5.34. The van der Waals surface area contributed by atoms with Crippen LogP contribution >= 0.6 is 23.2 Å². The van der Waals surface area contributed by atoms with Gasteiger partial charge in [0.25, 0.3) is 5.91 Å². The molecule has 150 valence electrons. The zero-order valence-electron chi connectivity index (χ0n) is 15.8. The highest BCUT2D eigenvalue weighted by Crippen LogP contribution is 2.38. The predicted octanol–water partition coefficient (Wildman–Crippen LogP) is 3.89. The first kappa shape index (κ1) is 19.5. The van der Waals surface area contributed by atoms with Crippen LogP contribution in [-0.2, 0) is 6.54 Å². The highest BCUT2D eigenvalue weighted by Gasteiger charge is 2.18. The number of aromatic nitrogens is 3. The van der Waals surface area contributed by atoms with Crippen molar-refractivity contribution in [3.63, 3.8) is 0 Å². The highest BCUT2D eigenvalue weighted by molar-refractivity contribution is 6.33. The summed E-state index contributed by atoms with van der Waals surface area (Å²) >= 11 is 12.5. The van der Waals surface area contributed by atoms with Gasteiger partial charge >= 0.3 is 0 Å². The molecular weight excluding hydrogens is 415 g/mol. The van der Waals surface area contributed by atoms with E-state index in [-0.39, 0.29) is 17.3 Å². The summed E-state index contributed by atoms with van der Waals surface area (Å²) in [7, 11) is 0. The van der Waals surface area contributed by atoms with Gasteiger partial charge in [-0.25, -0.2) is 9.67 Å². The van der Waals surface area contributed by atoms with Crippen molar-refractivity contribution in [3.8, 4) is 17.3 Å². The Morgan fingerprint density at radius 1 is 1.14 bits per heavy atom. The van der Waals surface area contributed by atoms with E-state index in [0.717, 1.165) is 17.0 Å². The molecule has 0 atom stereocenters. The summed E-state index contributed by atoms with van der Waals surface area (Å²) in [5.74, 6) is 1.21. The quantitative estimate of drug-likeness (QED) is 0.676. The van der Waals surface area contributed by atoms with Crippen LogP contribution in [0.1, 0.15) is 27.4 Å². The monoisotopic (exact) mass is 432 g/mol. The number of carbonyl (C=O) groups excluding carboxylic acids is 1. The number of hydrogen-bond donors (Lipinski definition) is 1. The van der Waals surface area contributed by atoms with Crippen LogP contribution in [0.15, 0.2) is 30.3 Å². The van der Waals surface area contributed by atoms with Crippen molar-refractivity contribution >= 4 is 29.1 Å². The van der Waals surface area contributed by atoms with E-state index in [2.05, 4.69) is 15.4 Å². The van der Waals surface area contributed by atoms with E-state index in [0.29, 0.717) is 35.6 Å². The van der Waals surface area contributed by atoms with Crippen molar-refractivity contribution in [3.05, 3.63) is 63.0 Å². The minimum Gasteiger partial charge on any atom is -0.486 e. The number of hydrogen-bond acceptors (Lipinski definition) is 5. The smallest absolute Gasteiger partial charge is 0.271 e. The average Bonchev–Trinajstić information content (AvgIpc) is 3.04. The van der Waals surface area contributed by atoms with Gasteiger partial charge in [0.05, 0.1) is 15.7 Å². The molecule has 4 rings (SSSR count). The van der Waals surface area contributed by atoms with Gasteiger partial charge in [-0.05, 0) is 49.7 Å². The molecule has 1 aliphatic rings. The third-order valence-corrected chi connectivity index (χ3v) is 4.97. The number of pyridine rings is 1. The van der Waals surface area contributed by atoms with Gasteiger partial charge in [-0.3, -0.25) is 4.79 Å². The Morgan fingerprint density at radius 3 is 2.69 bits per heavy atom. The lowest BCUT2D eigenvalue weighted by molar-refractivity contribution is 0.0946. The molecule has 3 aromatic rings. The molecule has 0 saturated carbocycles. The van der Waals surface area contributed by atoms with Crippen LogP contribution in [-0.4, -0.2) is 33.9 Å². The Hall–Kier alpha value is -2.77. The molecule has 1 N–H and O–H groups in total. The van der Waals surface area contributed by atoms with Crippen molar-refractivity contribution < 1.29 is 14.3 Å². The topological polar surface area (TPSA) is 78.3 Å². The lowest BCUT2D eigenvalue weighted by Gasteiger charge is -2.20. The summed E-state index contributed by atoms with van der Waals surface area (Å²) in [6.07, 6.45) is 0. The summed E-state index contributed by atoms with van der Waals surface area (Å²) in [4.78, 5) is 17.1. The summed E-state index contributed by atoms with van der Waals surface area (Å²) in [6.45, 7) is 4.96. The number of fused-ring (bicyclic) bond motifs is 1. The predicted molar refractivity (Wildman–Crippen MR) is 109 cm³/mol. The Balaban J connectivity index is 1.54. The summed E-state index contributed by atoms with van der Waals surface area (Å²) in [5, 5.41) is 7.91. The molecule has 1 aliphatic heterocycles. The van der Waals surface area contributed by atoms with Gasteiger partial charge < -0.3 is 14.8 Å². The van der Waals surface area contributed by atoms with Crippen LogP contribution in [0.25, 0.3) is 5.82 Å². The second kappa shape index (κ2) is 7.93. The van der Waals surface area contributed by atoms with Crippen LogP contribution < -0.4 is 14.8 Å². The minimum atomic E-state index is -0.399. The standard InChI is InChI=1S/C20H18Cl2N4O3/c1-11-7-12(2)26(25-11)17-4-3-14(21)18(24-17)20(27)23-10-13-8-15(22)19-16(9-13)28-5-6-29-19/h3-4,7-9H,5-6,10H2,1-2H3,(H,23,27). The van der Waals surface area contributed by atoms with Gasteiger partial charge in [0.2, 0.25) is 0 Å². The molecule has 7 nitrogen and oxygen atoms in total. The van der Waals surface area contributed by atoms with E-state index in [4.69, 9.17) is 32.7 Å². The van der Waals surface area contributed by atoms with Gasteiger partial charge in [-0.15, -0.1) is 0 Å². The maximum absolute atomic E-state index is 12.7. The molecule has 0 radical (unpaired) electrons. The normalized spacial score (nSPS) is 12.7. The van der Waals surface area contributed by atoms with Crippen LogP contribution in [0.5, 0.6) is 11.5 Å². The van der Waals surface area contributed by atoms with E-state index in [9.17, 15) is 4.79 Å². The molecule has 0 spiro atoms. The van der Waals surface area contributed by atoms with Gasteiger partial charge in [0.15, 0.2) is 17.3 Å². The zero-order chi connectivity index (χ0) is 20.5. The Labute approximate surface area is 177 Å². The fourth-order valence-electron chi connectivity index (χ4n) is 3.10. The van der Waals surface area contributed by atoms with E-state index in [1.165, 1.54) is 0 Å². The lowest BCUT2D eigenvalue weighted by atomic mass is 10.2. The molecule has 29 heavy (non-hydrogen) atoms. The number of nitrogens with zero attached hydrogens (tertiary/aromatic N) is 3. The third kappa shape index (κ3) is 4.02. The first-order valence-electron chi connectivity index (χ1n) is 8.99. The number of rotatable bonds is 4. The van der Waals surface area contributed by atoms with Crippen molar-refractivity contribution in [2.24, 2.45) is 0 Å². The third-order valence-electron chi connectivity index (χ3n) is 4.38. The minimum absolute atomic E-state index is 0.125. The number of carbonyl (C=O) groups is 1. The fraction of sp³-hybridized carbons (Fsp3) is 0.250. The fourth-order valence-corrected chi connectivity index (χ4v) is 3.58. The van der Waals surface area contributed by atoms with E-state index < -0.39 is 5.91 Å². The molecular formula is C20H18Cl2N4O3. The van der Waals surface area contributed by atoms with Crippen molar-refractivity contribution in [1.29, 1.82) is 0 Å². The Morgan fingerprint density at radius 2 is 1.93 bits per heavy atom. The molecule has 2 aromatic heterocycles. The molecule has 0 aliphatic carbocycles. The van der Waals surface area contributed by atoms with Crippen molar-refractivity contribution in [2.45, 2.75) is 20.4 Å². The second-order valence-corrected chi connectivity index (χ2v) is 7.44. The van der Waals surface area contributed by atoms with E-state index in [1.807, 2.05) is 19.9 Å². The molecule has 1 aromatic carbocycles. The number of nitrogens with one attached hydrogen (secondary N) is 1. The molecule has 1 amide bonds. The lowest BCUT2D eigenvalue weighted by Crippen LogP contribution is -2.25. The zero-order valence-corrected chi connectivity index (χ0v) is 17.3. The summed E-state index contributed by atoms with van der Waals surface area (Å²) < 4.78 is 12.7. The van der Waals surface area contributed by atoms with Gasteiger partial charge in [0, 0.05) is 12.2 Å². The number of aryl methyl sites for hydroxylation is 2. The van der Waals surface area contributed by atoms with E-state index >= 15 is 0 Å². The number of halogens is 2. The molecule has 0 unspecified atom stereocenters. The number of benzene rings is 1. The average molecular weight is 433 g/mol. The molecule has 0 fully saturated rings. The van der Waals surface area contributed by atoms with Crippen LogP contribution in [0.3, 0.4) is 0 Å². The second-order valence-electron chi connectivity index (χ2n) is 6.62. The van der Waals surface area contributed by atoms with Crippen molar-refractivity contribution in [2.75, 3.05) is 13.2 Å². The molecule has 3 heterocycles. The summed E-state index contributed by atoms with van der Waals surface area (Å²) in [5.41, 5.74) is 2.68. The SMILES string of the molecule is Cc1cc(C)n(-c2ccc(Cl)c(C(=O)NCc3cc(Cl)c4c(c3)OCCO4)n2)n1. The van der Waals surface area contributed by atoms with Crippen LogP contribution in [0.2, 0.25) is 10.0 Å². The molecule has 0 bridgehead atoms.